The predicted molar refractivity (Wildman–Crippen MR) is 100 cm³/mol. The van der Waals surface area contributed by atoms with Gasteiger partial charge in [0.05, 0.1) is 6.61 Å². The molecule has 0 aromatic carbocycles. The average Bonchev–Trinajstić information content (AvgIpc) is 3.59. The molecule has 1 aliphatic heterocycles. The Kier molecular flexibility index (Phi) is 4.86. The van der Waals surface area contributed by atoms with Crippen LogP contribution in [0.15, 0.2) is 17.5 Å². The third-order valence-electron chi connectivity index (χ3n) is 5.48. The molecular weight excluding hydrogens is 382 g/mol. The average molecular weight is 405 g/mol. The molecule has 2 saturated carbocycles. The first-order valence-electron chi connectivity index (χ1n) is 9.61. The van der Waals surface area contributed by atoms with Crippen LogP contribution < -0.4 is 10.6 Å². The van der Waals surface area contributed by atoms with Crippen molar-refractivity contribution < 1.29 is 23.9 Å². The molecule has 28 heavy (non-hydrogen) atoms. The second-order valence-electron chi connectivity index (χ2n) is 7.52. The van der Waals surface area contributed by atoms with E-state index in [9.17, 15) is 19.2 Å². The summed E-state index contributed by atoms with van der Waals surface area (Å²) in [5.41, 5.74) is -1.07. The lowest BCUT2D eigenvalue weighted by molar-refractivity contribution is -0.148. The van der Waals surface area contributed by atoms with Crippen LogP contribution in [0.1, 0.15) is 37.5 Å². The highest BCUT2D eigenvalue weighted by molar-refractivity contribution is 7.10. The lowest BCUT2D eigenvalue weighted by Crippen LogP contribution is -2.49. The first-order chi connectivity index (χ1) is 13.5. The summed E-state index contributed by atoms with van der Waals surface area (Å²) in [5.74, 6) is -1.29. The van der Waals surface area contributed by atoms with E-state index in [1.54, 1.807) is 6.92 Å². The lowest BCUT2D eigenvalue weighted by Gasteiger charge is -2.25. The van der Waals surface area contributed by atoms with E-state index in [4.69, 9.17) is 4.74 Å². The molecule has 4 amide bonds. The highest BCUT2D eigenvalue weighted by atomic mass is 32.1. The summed E-state index contributed by atoms with van der Waals surface area (Å²) >= 11 is 1.42. The molecule has 0 spiro atoms. The monoisotopic (exact) mass is 405 g/mol. The van der Waals surface area contributed by atoms with Crippen LogP contribution in [0.5, 0.6) is 0 Å². The number of carbonyl (C=O) groups excluding carboxylic acids is 4. The zero-order valence-electron chi connectivity index (χ0n) is 15.6. The van der Waals surface area contributed by atoms with Gasteiger partial charge in [-0.15, -0.1) is 11.3 Å². The van der Waals surface area contributed by atoms with E-state index >= 15 is 0 Å². The molecule has 9 heteroatoms. The first-order valence-corrected chi connectivity index (χ1v) is 10.5. The van der Waals surface area contributed by atoms with Crippen LogP contribution >= 0.6 is 11.3 Å². The highest BCUT2D eigenvalue weighted by Gasteiger charge is 2.61. The third kappa shape index (κ3) is 3.28. The Labute approximate surface area is 166 Å². The molecule has 1 aromatic heterocycles. The molecule has 2 unspecified atom stereocenters. The molecule has 8 nitrogen and oxygen atoms in total. The minimum Gasteiger partial charge on any atom is -0.464 e. The van der Waals surface area contributed by atoms with Crippen LogP contribution in [0.3, 0.4) is 0 Å². The molecule has 0 radical (unpaired) electrons. The number of amides is 4. The standard InChI is InChI=1S/C19H23N3O5S/c1-2-27-16(24)15(11-5-6-11)20-14(23)10-22-17(25)19(12-7-8-12,21-18(22)26)13-4-3-9-28-13/h3-4,9,11-12,15H,2,5-8,10H2,1H3,(H,20,23)(H,21,26). The molecule has 3 fully saturated rings. The number of ether oxygens (including phenoxy) is 1. The molecule has 0 bridgehead atoms. The Morgan fingerprint density at radius 2 is 2.11 bits per heavy atom. The summed E-state index contributed by atoms with van der Waals surface area (Å²) in [6, 6.07) is 2.39. The summed E-state index contributed by atoms with van der Waals surface area (Å²) < 4.78 is 5.03. The van der Waals surface area contributed by atoms with E-state index in [1.807, 2.05) is 17.5 Å². The maximum absolute atomic E-state index is 13.2. The minimum atomic E-state index is -1.07. The Balaban J connectivity index is 1.47. The number of hydrogen-bond donors (Lipinski definition) is 2. The number of nitrogens with one attached hydrogen (secondary N) is 2. The zero-order valence-corrected chi connectivity index (χ0v) is 16.4. The van der Waals surface area contributed by atoms with Gasteiger partial charge in [-0.25, -0.2) is 9.59 Å². The van der Waals surface area contributed by atoms with Crippen molar-refractivity contribution in [3.05, 3.63) is 22.4 Å². The third-order valence-corrected chi connectivity index (χ3v) is 6.49. The number of nitrogens with zero attached hydrogens (tertiary/aromatic N) is 1. The molecule has 2 heterocycles. The summed E-state index contributed by atoms with van der Waals surface area (Å²) in [6.45, 7) is 1.53. The molecule has 2 atom stereocenters. The Morgan fingerprint density at radius 1 is 1.36 bits per heavy atom. The maximum atomic E-state index is 13.2. The fraction of sp³-hybridized carbons (Fsp3) is 0.579. The minimum absolute atomic E-state index is 0.0504. The Bertz CT molecular complexity index is 803. The van der Waals surface area contributed by atoms with Crippen molar-refractivity contribution in [1.82, 2.24) is 15.5 Å². The van der Waals surface area contributed by atoms with Crippen molar-refractivity contribution >= 4 is 35.2 Å². The molecule has 2 aliphatic carbocycles. The van der Waals surface area contributed by atoms with Crippen LogP contribution in [0.2, 0.25) is 0 Å². The smallest absolute Gasteiger partial charge is 0.328 e. The van der Waals surface area contributed by atoms with Gasteiger partial charge in [-0.3, -0.25) is 14.5 Å². The van der Waals surface area contributed by atoms with E-state index < -0.39 is 41.9 Å². The van der Waals surface area contributed by atoms with Crippen molar-refractivity contribution in [3.8, 4) is 0 Å². The fourth-order valence-electron chi connectivity index (χ4n) is 3.80. The molecule has 1 saturated heterocycles. The summed E-state index contributed by atoms with van der Waals surface area (Å²) in [5, 5.41) is 7.37. The second-order valence-corrected chi connectivity index (χ2v) is 8.46. The van der Waals surface area contributed by atoms with E-state index in [0.29, 0.717) is 0 Å². The van der Waals surface area contributed by atoms with Crippen molar-refractivity contribution in [2.45, 2.75) is 44.2 Å². The van der Waals surface area contributed by atoms with Crippen molar-refractivity contribution in [1.29, 1.82) is 0 Å². The quantitative estimate of drug-likeness (QED) is 0.502. The fourth-order valence-corrected chi connectivity index (χ4v) is 4.75. The van der Waals surface area contributed by atoms with Crippen LogP contribution in [0.4, 0.5) is 4.79 Å². The van der Waals surface area contributed by atoms with E-state index in [-0.39, 0.29) is 18.4 Å². The number of rotatable bonds is 8. The van der Waals surface area contributed by atoms with E-state index in [0.717, 1.165) is 35.5 Å². The number of imide groups is 1. The highest BCUT2D eigenvalue weighted by Crippen LogP contribution is 2.50. The largest absolute Gasteiger partial charge is 0.464 e. The molecule has 4 rings (SSSR count). The molecule has 3 aliphatic rings. The summed E-state index contributed by atoms with van der Waals surface area (Å²) in [4.78, 5) is 52.1. The normalized spacial score (nSPS) is 25.4. The van der Waals surface area contributed by atoms with Gasteiger partial charge in [0.1, 0.15) is 12.6 Å². The van der Waals surface area contributed by atoms with E-state index in [1.165, 1.54) is 11.3 Å². The predicted octanol–water partition coefficient (Wildman–Crippen LogP) is 1.36. The van der Waals surface area contributed by atoms with Gasteiger partial charge in [-0.05, 0) is 55.9 Å². The summed E-state index contributed by atoms with van der Waals surface area (Å²) in [6.07, 6.45) is 3.40. The number of esters is 1. The number of hydrogen-bond acceptors (Lipinski definition) is 6. The molecule has 1 aromatic rings. The van der Waals surface area contributed by atoms with Crippen LogP contribution in [-0.2, 0) is 24.7 Å². The van der Waals surface area contributed by atoms with Gasteiger partial charge in [-0.2, -0.15) is 0 Å². The van der Waals surface area contributed by atoms with Gasteiger partial charge in [0.2, 0.25) is 5.91 Å². The number of carbonyl (C=O) groups is 4. The van der Waals surface area contributed by atoms with Gasteiger partial charge in [-0.1, -0.05) is 6.07 Å². The van der Waals surface area contributed by atoms with Gasteiger partial charge >= 0.3 is 12.0 Å². The Hall–Kier alpha value is -2.42. The number of urea groups is 1. The van der Waals surface area contributed by atoms with Crippen molar-refractivity contribution in [2.24, 2.45) is 11.8 Å². The van der Waals surface area contributed by atoms with Crippen molar-refractivity contribution in [3.63, 3.8) is 0 Å². The van der Waals surface area contributed by atoms with Gasteiger partial charge in [0, 0.05) is 4.88 Å². The topological polar surface area (TPSA) is 105 Å². The van der Waals surface area contributed by atoms with Gasteiger partial charge in [0.25, 0.3) is 5.91 Å². The first kappa shape index (κ1) is 18.9. The SMILES string of the molecule is CCOC(=O)C(NC(=O)CN1C(=O)NC(c2cccs2)(C2CC2)C1=O)C1CC1. The molecule has 150 valence electrons. The van der Waals surface area contributed by atoms with Crippen LogP contribution in [0, 0.1) is 11.8 Å². The summed E-state index contributed by atoms with van der Waals surface area (Å²) in [7, 11) is 0. The zero-order chi connectivity index (χ0) is 19.9. The second kappa shape index (κ2) is 7.20. The van der Waals surface area contributed by atoms with E-state index in [2.05, 4.69) is 10.6 Å². The molecule has 2 N–H and O–H groups in total. The van der Waals surface area contributed by atoms with Crippen LogP contribution in [-0.4, -0.2) is 47.9 Å². The van der Waals surface area contributed by atoms with Gasteiger partial charge < -0.3 is 15.4 Å². The Morgan fingerprint density at radius 3 is 2.68 bits per heavy atom. The maximum Gasteiger partial charge on any atom is 0.328 e. The number of thiophene rings is 1. The van der Waals surface area contributed by atoms with Gasteiger partial charge in [0.15, 0.2) is 5.54 Å². The van der Waals surface area contributed by atoms with Crippen molar-refractivity contribution in [2.75, 3.05) is 13.2 Å². The van der Waals surface area contributed by atoms with Crippen LogP contribution in [0.25, 0.3) is 0 Å². The molecular formula is C19H23N3O5S. The lowest BCUT2D eigenvalue weighted by atomic mass is 9.91.